The van der Waals surface area contributed by atoms with Crippen LogP contribution in [0.5, 0.6) is 11.5 Å². The number of nitrogens with one attached hydrogen (secondary N) is 2. The Morgan fingerprint density at radius 1 is 1.24 bits per heavy atom. The van der Waals surface area contributed by atoms with Crippen molar-refractivity contribution < 1.29 is 23.6 Å². The van der Waals surface area contributed by atoms with Gasteiger partial charge in [-0.25, -0.2) is 4.39 Å². The molecule has 0 aliphatic heterocycles. The number of rotatable bonds is 7. The lowest BCUT2D eigenvalue weighted by Crippen LogP contribution is -3.08. The number of benzene rings is 2. The van der Waals surface area contributed by atoms with E-state index in [0.717, 1.165) is 16.5 Å². The molecule has 0 spiro atoms. The SMILES string of the molecule is COc1cccc(C[NH+](C)CC(=O)Nc2ccc(Cl)cc2F)c1OC. The Balaban J connectivity index is 2.00. The van der Waals surface area contributed by atoms with Crippen LogP contribution in [-0.4, -0.2) is 33.7 Å². The van der Waals surface area contributed by atoms with Gasteiger partial charge in [0.05, 0.1) is 32.5 Å². The maximum absolute atomic E-state index is 13.7. The van der Waals surface area contributed by atoms with Gasteiger partial charge in [-0.3, -0.25) is 4.79 Å². The Labute approximate surface area is 151 Å². The molecule has 1 amide bonds. The molecule has 25 heavy (non-hydrogen) atoms. The van der Waals surface area contributed by atoms with E-state index in [2.05, 4.69) is 5.32 Å². The predicted molar refractivity (Wildman–Crippen MR) is 95.0 cm³/mol. The molecule has 1 atom stereocenters. The number of halogens is 2. The van der Waals surface area contributed by atoms with Crippen molar-refractivity contribution in [2.75, 3.05) is 33.1 Å². The quantitative estimate of drug-likeness (QED) is 0.788. The van der Waals surface area contributed by atoms with Crippen LogP contribution in [0.15, 0.2) is 36.4 Å². The number of hydrogen-bond acceptors (Lipinski definition) is 3. The van der Waals surface area contributed by atoms with E-state index >= 15 is 0 Å². The summed E-state index contributed by atoms with van der Waals surface area (Å²) in [4.78, 5) is 13.1. The minimum atomic E-state index is -0.562. The highest BCUT2D eigenvalue weighted by atomic mass is 35.5. The number of para-hydroxylation sites is 1. The number of quaternary nitrogens is 1. The monoisotopic (exact) mass is 367 g/mol. The standard InChI is InChI=1S/C18H20ClFN2O3/c1-22(10-12-5-4-6-16(24-2)18(12)25-3)11-17(23)21-15-8-7-13(19)9-14(15)20/h4-9H,10-11H2,1-3H3,(H,21,23)/p+1. The van der Waals surface area contributed by atoms with Crippen molar-refractivity contribution in [3.63, 3.8) is 0 Å². The highest BCUT2D eigenvalue weighted by molar-refractivity contribution is 6.30. The van der Waals surface area contributed by atoms with Gasteiger partial charge in [0.15, 0.2) is 18.0 Å². The summed E-state index contributed by atoms with van der Waals surface area (Å²) < 4.78 is 24.4. The molecule has 2 aromatic carbocycles. The smallest absolute Gasteiger partial charge is 0.279 e. The van der Waals surface area contributed by atoms with Crippen molar-refractivity contribution in [2.45, 2.75) is 6.54 Å². The molecule has 0 aliphatic rings. The molecular weight excluding hydrogens is 347 g/mol. The van der Waals surface area contributed by atoms with E-state index in [1.807, 2.05) is 25.2 Å². The van der Waals surface area contributed by atoms with Gasteiger partial charge in [0.2, 0.25) is 0 Å². The molecule has 0 bridgehead atoms. The molecule has 0 radical (unpaired) electrons. The fourth-order valence-electron chi connectivity index (χ4n) is 2.54. The van der Waals surface area contributed by atoms with Crippen molar-refractivity contribution >= 4 is 23.2 Å². The van der Waals surface area contributed by atoms with Gasteiger partial charge in [-0.2, -0.15) is 0 Å². The molecule has 0 heterocycles. The number of amides is 1. The lowest BCUT2D eigenvalue weighted by atomic mass is 10.1. The summed E-state index contributed by atoms with van der Waals surface area (Å²) in [7, 11) is 5.02. The number of hydrogen-bond donors (Lipinski definition) is 2. The summed E-state index contributed by atoms with van der Waals surface area (Å²) in [5, 5.41) is 2.84. The first kappa shape index (κ1) is 19.0. The Morgan fingerprint density at radius 2 is 2.00 bits per heavy atom. The van der Waals surface area contributed by atoms with E-state index in [9.17, 15) is 9.18 Å². The second kappa shape index (κ2) is 8.69. The van der Waals surface area contributed by atoms with Crippen LogP contribution in [0, 0.1) is 5.82 Å². The van der Waals surface area contributed by atoms with Crippen LogP contribution in [0.2, 0.25) is 5.02 Å². The van der Waals surface area contributed by atoms with Gasteiger partial charge in [-0.05, 0) is 30.3 Å². The number of carbonyl (C=O) groups excluding carboxylic acids is 1. The highest BCUT2D eigenvalue weighted by Gasteiger charge is 2.17. The van der Waals surface area contributed by atoms with Crippen LogP contribution in [0.1, 0.15) is 5.56 Å². The molecule has 2 N–H and O–H groups in total. The molecule has 0 aliphatic carbocycles. The zero-order chi connectivity index (χ0) is 18.4. The molecule has 1 unspecified atom stereocenters. The molecule has 7 heteroatoms. The van der Waals surface area contributed by atoms with E-state index in [1.165, 1.54) is 12.1 Å². The lowest BCUT2D eigenvalue weighted by Gasteiger charge is -2.17. The summed E-state index contributed by atoms with van der Waals surface area (Å²) in [6.07, 6.45) is 0. The predicted octanol–water partition coefficient (Wildman–Crippen LogP) is 2.15. The number of methoxy groups -OCH3 is 2. The van der Waals surface area contributed by atoms with Crippen molar-refractivity contribution in [3.8, 4) is 11.5 Å². The summed E-state index contributed by atoms with van der Waals surface area (Å²) in [6.45, 7) is 0.722. The van der Waals surface area contributed by atoms with Crippen LogP contribution in [0.3, 0.4) is 0 Å². The summed E-state index contributed by atoms with van der Waals surface area (Å²) in [5.41, 5.74) is 1.03. The molecule has 2 rings (SSSR count). The first-order valence-electron chi connectivity index (χ1n) is 7.70. The second-order valence-corrected chi connectivity index (χ2v) is 6.07. The molecule has 0 saturated carbocycles. The fraction of sp³-hybridized carbons (Fsp3) is 0.278. The topological polar surface area (TPSA) is 52.0 Å². The van der Waals surface area contributed by atoms with Gasteiger partial charge in [-0.15, -0.1) is 0 Å². The van der Waals surface area contributed by atoms with Crippen molar-refractivity contribution in [1.82, 2.24) is 0 Å². The third-order valence-electron chi connectivity index (χ3n) is 3.64. The minimum Gasteiger partial charge on any atom is -0.493 e. The Hall–Kier alpha value is -2.31. The summed E-state index contributed by atoms with van der Waals surface area (Å²) in [6, 6.07) is 9.73. The summed E-state index contributed by atoms with van der Waals surface area (Å²) >= 11 is 5.70. The van der Waals surface area contributed by atoms with Gasteiger partial charge in [0.1, 0.15) is 12.4 Å². The molecule has 0 aromatic heterocycles. The number of likely N-dealkylation sites (N-methyl/N-ethyl adjacent to an activating group) is 1. The normalized spacial score (nSPS) is 11.7. The number of ether oxygens (including phenoxy) is 2. The molecular formula is C18H21ClFN2O3+. The van der Waals surface area contributed by atoms with Gasteiger partial charge in [0, 0.05) is 5.02 Å². The zero-order valence-electron chi connectivity index (χ0n) is 14.4. The van der Waals surface area contributed by atoms with E-state index < -0.39 is 5.82 Å². The van der Waals surface area contributed by atoms with Gasteiger partial charge in [0.25, 0.3) is 5.91 Å². The molecule has 5 nitrogen and oxygen atoms in total. The molecule has 0 saturated heterocycles. The van der Waals surface area contributed by atoms with E-state index in [-0.39, 0.29) is 23.2 Å². The largest absolute Gasteiger partial charge is 0.493 e. The first-order valence-corrected chi connectivity index (χ1v) is 8.08. The van der Waals surface area contributed by atoms with Crippen LogP contribution in [0.25, 0.3) is 0 Å². The van der Waals surface area contributed by atoms with Crippen molar-refractivity contribution in [3.05, 3.63) is 52.8 Å². The molecule has 0 fully saturated rings. The second-order valence-electron chi connectivity index (χ2n) is 5.64. The maximum atomic E-state index is 13.7. The number of carbonyl (C=O) groups is 1. The number of anilines is 1. The molecule has 2 aromatic rings. The van der Waals surface area contributed by atoms with Crippen LogP contribution >= 0.6 is 11.6 Å². The van der Waals surface area contributed by atoms with E-state index in [0.29, 0.717) is 18.0 Å². The minimum absolute atomic E-state index is 0.112. The van der Waals surface area contributed by atoms with Crippen LogP contribution in [0.4, 0.5) is 10.1 Å². The average molecular weight is 368 g/mol. The van der Waals surface area contributed by atoms with Gasteiger partial charge >= 0.3 is 0 Å². The Morgan fingerprint density at radius 3 is 2.64 bits per heavy atom. The van der Waals surface area contributed by atoms with Crippen LogP contribution in [-0.2, 0) is 11.3 Å². The third-order valence-corrected chi connectivity index (χ3v) is 3.88. The lowest BCUT2D eigenvalue weighted by molar-refractivity contribution is -0.885. The van der Waals surface area contributed by atoms with Gasteiger partial charge < -0.3 is 19.7 Å². The van der Waals surface area contributed by atoms with E-state index in [4.69, 9.17) is 21.1 Å². The van der Waals surface area contributed by atoms with Crippen LogP contribution < -0.4 is 19.7 Å². The maximum Gasteiger partial charge on any atom is 0.279 e. The molecule has 134 valence electrons. The Bertz CT molecular complexity index is 755. The zero-order valence-corrected chi connectivity index (χ0v) is 15.1. The third kappa shape index (κ3) is 5.08. The summed E-state index contributed by atoms with van der Waals surface area (Å²) in [5.74, 6) is 0.433. The van der Waals surface area contributed by atoms with E-state index in [1.54, 1.807) is 14.2 Å². The average Bonchev–Trinajstić information content (AvgIpc) is 2.57. The van der Waals surface area contributed by atoms with Crippen molar-refractivity contribution in [1.29, 1.82) is 0 Å². The van der Waals surface area contributed by atoms with Crippen molar-refractivity contribution in [2.24, 2.45) is 0 Å². The fourth-order valence-corrected chi connectivity index (χ4v) is 2.70. The highest BCUT2D eigenvalue weighted by Crippen LogP contribution is 2.30. The first-order chi connectivity index (χ1) is 11.9. The Kier molecular flexibility index (Phi) is 6.61. The van der Waals surface area contributed by atoms with Gasteiger partial charge in [-0.1, -0.05) is 17.7 Å².